The largest absolute Gasteiger partial charge is 0.274 e. The van der Waals surface area contributed by atoms with E-state index in [1.807, 2.05) is 24.1 Å². The van der Waals surface area contributed by atoms with Crippen molar-refractivity contribution in [3.05, 3.63) is 18.7 Å². The number of hydrogen-bond donors (Lipinski definition) is 0. The van der Waals surface area contributed by atoms with E-state index in [9.17, 15) is 0 Å². The maximum atomic E-state index is 5.64. The van der Waals surface area contributed by atoms with Gasteiger partial charge in [-0.15, -0.1) is 11.6 Å². The first-order chi connectivity index (χ1) is 3.30. The van der Waals surface area contributed by atoms with Gasteiger partial charge in [0.05, 0.1) is 6.54 Å². The minimum Gasteiger partial charge on any atom is -0.274 e. The smallest absolute Gasteiger partial charge is 0.104 e. The second-order valence-electron chi connectivity index (χ2n) is 1.47. The van der Waals surface area contributed by atoms with E-state index in [-0.39, 0.29) is 5.50 Å². The van der Waals surface area contributed by atoms with Crippen molar-refractivity contribution in [1.29, 1.82) is 0 Å². The van der Waals surface area contributed by atoms with Crippen molar-refractivity contribution in [1.82, 2.24) is 4.90 Å². The van der Waals surface area contributed by atoms with Crippen molar-refractivity contribution >= 4 is 11.6 Å². The SMILES string of the molecule is CN1[C]C=CC1Cl. The summed E-state index contributed by atoms with van der Waals surface area (Å²) in [4.78, 5) is 1.81. The summed E-state index contributed by atoms with van der Waals surface area (Å²) in [5, 5.41) is 0. The number of likely N-dealkylation sites (N-methyl/N-ethyl adjacent to an activating group) is 1. The Hall–Kier alpha value is -0.0100. The van der Waals surface area contributed by atoms with Gasteiger partial charge in [-0.3, -0.25) is 4.90 Å². The Balaban J connectivity index is 2.45. The van der Waals surface area contributed by atoms with Crippen molar-refractivity contribution < 1.29 is 0 Å². The average molecular weight is 116 g/mol. The maximum Gasteiger partial charge on any atom is 0.104 e. The van der Waals surface area contributed by atoms with Gasteiger partial charge >= 0.3 is 0 Å². The van der Waals surface area contributed by atoms with Crippen LogP contribution in [-0.4, -0.2) is 17.4 Å². The molecular formula is C5H6ClN. The molecular weight excluding hydrogens is 110 g/mol. The fraction of sp³-hybridized carbons (Fsp3) is 0.400. The Bertz CT molecular complexity index is 90.1. The van der Waals surface area contributed by atoms with Gasteiger partial charge in [0.25, 0.3) is 0 Å². The van der Waals surface area contributed by atoms with Crippen LogP contribution in [0.1, 0.15) is 0 Å². The molecule has 0 bridgehead atoms. The summed E-state index contributed by atoms with van der Waals surface area (Å²) in [6.45, 7) is 2.89. The summed E-state index contributed by atoms with van der Waals surface area (Å²) in [5.41, 5.74) is 0.0278. The monoisotopic (exact) mass is 115 g/mol. The molecule has 0 amide bonds. The molecule has 0 spiro atoms. The highest BCUT2D eigenvalue weighted by atomic mass is 35.5. The summed E-state index contributed by atoms with van der Waals surface area (Å²) in [7, 11) is 1.89. The van der Waals surface area contributed by atoms with Crippen LogP contribution in [0.3, 0.4) is 0 Å². The van der Waals surface area contributed by atoms with E-state index in [1.165, 1.54) is 0 Å². The van der Waals surface area contributed by atoms with E-state index in [2.05, 4.69) is 6.54 Å². The first-order valence-corrected chi connectivity index (χ1v) is 2.54. The number of rotatable bonds is 0. The van der Waals surface area contributed by atoms with Crippen molar-refractivity contribution in [2.24, 2.45) is 0 Å². The molecule has 0 N–H and O–H groups in total. The van der Waals surface area contributed by atoms with Gasteiger partial charge in [-0.25, -0.2) is 0 Å². The maximum absolute atomic E-state index is 5.64. The van der Waals surface area contributed by atoms with Crippen molar-refractivity contribution in [2.75, 3.05) is 7.05 Å². The van der Waals surface area contributed by atoms with Gasteiger partial charge in [0.2, 0.25) is 0 Å². The molecule has 0 aromatic carbocycles. The summed E-state index contributed by atoms with van der Waals surface area (Å²) < 4.78 is 0. The molecule has 0 saturated carbocycles. The van der Waals surface area contributed by atoms with E-state index in [1.54, 1.807) is 0 Å². The Morgan fingerprint density at radius 3 is 2.71 bits per heavy atom. The standard InChI is InChI=1S/C5H6ClN/c1-7-4-2-3-5(7)6/h2-3,5H,1H3. The quantitative estimate of drug-likeness (QED) is 0.338. The summed E-state index contributed by atoms with van der Waals surface area (Å²) in [5.74, 6) is 0. The van der Waals surface area contributed by atoms with Crippen LogP contribution in [0.5, 0.6) is 0 Å². The fourth-order valence-electron chi connectivity index (χ4n) is 0.440. The number of hydrogen-bond acceptors (Lipinski definition) is 1. The Morgan fingerprint density at radius 1 is 1.86 bits per heavy atom. The average Bonchev–Trinajstić information content (AvgIpc) is 1.91. The lowest BCUT2D eigenvalue weighted by atomic mass is 10.6. The van der Waals surface area contributed by atoms with E-state index in [0.717, 1.165) is 0 Å². The van der Waals surface area contributed by atoms with Gasteiger partial charge in [-0.1, -0.05) is 12.2 Å². The molecule has 38 valence electrons. The van der Waals surface area contributed by atoms with Gasteiger partial charge in [-0.05, 0) is 7.05 Å². The molecule has 0 aromatic heterocycles. The van der Waals surface area contributed by atoms with Crippen LogP contribution in [0, 0.1) is 6.54 Å². The summed E-state index contributed by atoms with van der Waals surface area (Å²) >= 11 is 5.64. The Labute approximate surface area is 48.6 Å². The zero-order valence-electron chi connectivity index (χ0n) is 4.06. The topological polar surface area (TPSA) is 3.24 Å². The molecule has 1 rings (SSSR count). The van der Waals surface area contributed by atoms with Crippen molar-refractivity contribution in [3.63, 3.8) is 0 Å². The van der Waals surface area contributed by atoms with E-state index < -0.39 is 0 Å². The van der Waals surface area contributed by atoms with E-state index in [4.69, 9.17) is 11.6 Å². The van der Waals surface area contributed by atoms with Crippen LogP contribution in [0.4, 0.5) is 0 Å². The molecule has 2 heteroatoms. The zero-order valence-corrected chi connectivity index (χ0v) is 4.81. The molecule has 1 atom stereocenters. The Kier molecular flexibility index (Phi) is 1.35. The first-order valence-electron chi connectivity index (χ1n) is 2.10. The van der Waals surface area contributed by atoms with Crippen LogP contribution in [-0.2, 0) is 0 Å². The van der Waals surface area contributed by atoms with Gasteiger partial charge in [0, 0.05) is 0 Å². The molecule has 0 fully saturated rings. The number of alkyl halides is 1. The second-order valence-corrected chi connectivity index (χ2v) is 1.92. The zero-order chi connectivity index (χ0) is 5.28. The lowest BCUT2D eigenvalue weighted by molar-refractivity contribution is 0.457. The highest BCUT2D eigenvalue weighted by Gasteiger charge is 2.11. The fourth-order valence-corrected chi connectivity index (χ4v) is 0.569. The van der Waals surface area contributed by atoms with Gasteiger partial charge in [0.1, 0.15) is 5.50 Å². The molecule has 7 heavy (non-hydrogen) atoms. The second kappa shape index (κ2) is 1.85. The molecule has 0 aliphatic carbocycles. The minimum atomic E-state index is 0.0278. The predicted molar refractivity (Wildman–Crippen MR) is 29.8 cm³/mol. The van der Waals surface area contributed by atoms with Gasteiger partial charge in [0.15, 0.2) is 0 Å². The third-order valence-corrected chi connectivity index (χ3v) is 1.34. The molecule has 0 aromatic rings. The molecule has 2 radical (unpaired) electrons. The van der Waals surface area contributed by atoms with Crippen LogP contribution in [0.15, 0.2) is 12.2 Å². The molecule has 1 unspecified atom stereocenters. The summed E-state index contributed by atoms with van der Waals surface area (Å²) in [6, 6.07) is 0. The molecule has 1 heterocycles. The van der Waals surface area contributed by atoms with Gasteiger partial charge in [-0.2, -0.15) is 0 Å². The Morgan fingerprint density at radius 2 is 2.57 bits per heavy atom. The minimum absolute atomic E-state index is 0.0278. The van der Waals surface area contributed by atoms with Crippen molar-refractivity contribution in [2.45, 2.75) is 5.50 Å². The van der Waals surface area contributed by atoms with Crippen LogP contribution in [0.2, 0.25) is 0 Å². The number of nitrogens with zero attached hydrogens (tertiary/aromatic N) is 1. The highest BCUT2D eigenvalue weighted by molar-refractivity contribution is 6.21. The van der Waals surface area contributed by atoms with Crippen molar-refractivity contribution in [3.8, 4) is 0 Å². The molecule has 1 nitrogen and oxygen atoms in total. The molecule has 0 saturated heterocycles. The van der Waals surface area contributed by atoms with Crippen LogP contribution >= 0.6 is 11.6 Å². The first kappa shape index (κ1) is 5.13. The van der Waals surface area contributed by atoms with E-state index in [0.29, 0.717) is 0 Å². The lowest BCUT2D eigenvalue weighted by Gasteiger charge is -2.08. The number of halogens is 1. The summed E-state index contributed by atoms with van der Waals surface area (Å²) in [6.07, 6.45) is 3.69. The normalized spacial score (nSPS) is 32.0. The van der Waals surface area contributed by atoms with Gasteiger partial charge < -0.3 is 0 Å². The third kappa shape index (κ3) is 0.956. The lowest BCUT2D eigenvalue weighted by Crippen LogP contribution is -2.16. The molecule has 1 aliphatic heterocycles. The van der Waals surface area contributed by atoms with E-state index >= 15 is 0 Å². The predicted octanol–water partition coefficient (Wildman–Crippen LogP) is 1.09. The molecule has 1 aliphatic rings. The highest BCUT2D eigenvalue weighted by Crippen LogP contribution is 2.12. The third-order valence-electron chi connectivity index (χ3n) is 0.903. The van der Waals surface area contributed by atoms with Crippen LogP contribution < -0.4 is 0 Å². The van der Waals surface area contributed by atoms with Crippen LogP contribution in [0.25, 0.3) is 0 Å².